The zero-order chi connectivity index (χ0) is 15.0. The Morgan fingerprint density at radius 1 is 1.15 bits per heavy atom. The molecule has 0 amide bonds. The fourth-order valence-corrected chi connectivity index (χ4v) is 2.04. The molecule has 0 saturated carbocycles. The second-order valence-corrected chi connectivity index (χ2v) is 6.28. The summed E-state index contributed by atoms with van der Waals surface area (Å²) in [6.45, 7) is 6.87. The van der Waals surface area contributed by atoms with Crippen molar-refractivity contribution in [3.05, 3.63) is 58.1 Å². The molecule has 3 heteroatoms. The Labute approximate surface area is 132 Å². The van der Waals surface area contributed by atoms with Crippen LogP contribution in [0.2, 0.25) is 0 Å². The average molecular weight is 313 g/mol. The summed E-state index contributed by atoms with van der Waals surface area (Å²) >= 11 is 11.2. The summed E-state index contributed by atoms with van der Waals surface area (Å²) in [6.07, 6.45) is 5.72. The van der Waals surface area contributed by atoms with E-state index < -0.39 is 0 Å². The van der Waals surface area contributed by atoms with E-state index in [1.54, 1.807) is 0 Å². The topological polar surface area (TPSA) is 9.23 Å². The van der Waals surface area contributed by atoms with Crippen LogP contribution in [0.1, 0.15) is 39.2 Å². The molecule has 0 aromatic heterocycles. The van der Waals surface area contributed by atoms with E-state index in [9.17, 15) is 0 Å². The van der Waals surface area contributed by atoms with Gasteiger partial charge in [-0.2, -0.15) is 0 Å². The number of allylic oxidation sites excluding steroid dienone is 2. The van der Waals surface area contributed by atoms with Crippen molar-refractivity contribution in [2.75, 3.05) is 6.61 Å². The Kier molecular flexibility index (Phi) is 7.36. The van der Waals surface area contributed by atoms with Gasteiger partial charge >= 0.3 is 0 Å². The molecule has 0 heterocycles. The molecule has 0 radical (unpaired) electrons. The van der Waals surface area contributed by atoms with Gasteiger partial charge in [0.25, 0.3) is 0 Å². The summed E-state index contributed by atoms with van der Waals surface area (Å²) in [4.78, 5) is 0. The van der Waals surface area contributed by atoms with Gasteiger partial charge in [0.15, 0.2) is 0 Å². The second kappa shape index (κ2) is 8.51. The molecule has 0 bridgehead atoms. The van der Waals surface area contributed by atoms with Gasteiger partial charge in [0.05, 0.1) is 12.2 Å². The molecule has 20 heavy (non-hydrogen) atoms. The number of hydrogen-bond acceptors (Lipinski definition) is 1. The SMILES string of the molecule is C/C(=C\COC(C)(C)c1ccccc1)CCC=C(Cl)Cl. The van der Waals surface area contributed by atoms with Crippen LogP contribution in [0.15, 0.2) is 52.5 Å². The van der Waals surface area contributed by atoms with Gasteiger partial charge in [-0.3, -0.25) is 0 Å². The van der Waals surface area contributed by atoms with E-state index in [0.29, 0.717) is 11.1 Å². The molecule has 110 valence electrons. The largest absolute Gasteiger partial charge is 0.367 e. The summed E-state index contributed by atoms with van der Waals surface area (Å²) in [5, 5.41) is 0. The lowest BCUT2D eigenvalue weighted by molar-refractivity contribution is -0.00497. The Balaban J connectivity index is 2.44. The lowest BCUT2D eigenvalue weighted by Crippen LogP contribution is -2.21. The predicted octanol–water partition coefficient (Wildman–Crippen LogP) is 5.98. The molecule has 0 aliphatic rings. The molecule has 0 aliphatic carbocycles. The van der Waals surface area contributed by atoms with Crippen LogP contribution in [0.5, 0.6) is 0 Å². The quantitative estimate of drug-likeness (QED) is 0.562. The number of ether oxygens (including phenoxy) is 1. The third-order valence-electron chi connectivity index (χ3n) is 3.18. The van der Waals surface area contributed by atoms with Crippen molar-refractivity contribution < 1.29 is 4.74 Å². The Hall–Kier alpha value is -0.760. The fourth-order valence-electron chi connectivity index (χ4n) is 1.83. The number of benzene rings is 1. The van der Waals surface area contributed by atoms with E-state index in [0.717, 1.165) is 12.8 Å². The van der Waals surface area contributed by atoms with Crippen LogP contribution in [0.3, 0.4) is 0 Å². The smallest absolute Gasteiger partial charge is 0.102 e. The first-order valence-electron chi connectivity index (χ1n) is 6.78. The lowest BCUT2D eigenvalue weighted by atomic mass is 9.98. The van der Waals surface area contributed by atoms with E-state index in [2.05, 4.69) is 39.0 Å². The van der Waals surface area contributed by atoms with Gasteiger partial charge in [-0.25, -0.2) is 0 Å². The first-order chi connectivity index (χ1) is 9.42. The predicted molar refractivity (Wildman–Crippen MR) is 88.2 cm³/mol. The minimum absolute atomic E-state index is 0.280. The van der Waals surface area contributed by atoms with Gasteiger partial charge in [0.1, 0.15) is 4.49 Å². The number of halogens is 2. The van der Waals surface area contributed by atoms with Gasteiger partial charge in [-0.1, -0.05) is 71.3 Å². The maximum atomic E-state index is 5.97. The van der Waals surface area contributed by atoms with Crippen LogP contribution in [-0.4, -0.2) is 6.61 Å². The average Bonchev–Trinajstić information content (AvgIpc) is 2.39. The van der Waals surface area contributed by atoms with Crippen LogP contribution in [-0.2, 0) is 10.3 Å². The van der Waals surface area contributed by atoms with Crippen molar-refractivity contribution in [2.24, 2.45) is 0 Å². The van der Waals surface area contributed by atoms with Crippen LogP contribution >= 0.6 is 23.2 Å². The summed E-state index contributed by atoms with van der Waals surface area (Å²) < 4.78 is 6.30. The minimum Gasteiger partial charge on any atom is -0.367 e. The van der Waals surface area contributed by atoms with Crippen molar-refractivity contribution in [3.63, 3.8) is 0 Å². The molecule has 1 nitrogen and oxygen atoms in total. The Morgan fingerprint density at radius 2 is 1.80 bits per heavy atom. The summed E-state index contributed by atoms with van der Waals surface area (Å²) in [5.41, 5.74) is 2.18. The first kappa shape index (κ1) is 17.3. The van der Waals surface area contributed by atoms with Crippen molar-refractivity contribution in [3.8, 4) is 0 Å². The van der Waals surface area contributed by atoms with Crippen molar-refractivity contribution in [1.82, 2.24) is 0 Å². The van der Waals surface area contributed by atoms with E-state index >= 15 is 0 Å². The standard InChI is InChI=1S/C17H22Cl2O/c1-14(8-7-11-16(18)19)12-13-20-17(2,3)15-9-5-4-6-10-15/h4-6,9-12H,7-8,13H2,1-3H3/b14-12+. The van der Waals surface area contributed by atoms with Gasteiger partial charge in [0.2, 0.25) is 0 Å². The maximum absolute atomic E-state index is 5.97. The van der Waals surface area contributed by atoms with Gasteiger partial charge in [-0.05, 0) is 39.2 Å². The second-order valence-electron chi connectivity index (χ2n) is 5.27. The lowest BCUT2D eigenvalue weighted by Gasteiger charge is -2.25. The molecule has 0 aliphatic heterocycles. The highest BCUT2D eigenvalue weighted by atomic mass is 35.5. The molecule has 0 atom stereocenters. The van der Waals surface area contributed by atoms with Crippen molar-refractivity contribution in [1.29, 1.82) is 0 Å². The molecule has 0 unspecified atom stereocenters. The monoisotopic (exact) mass is 312 g/mol. The Bertz CT molecular complexity index is 457. The zero-order valence-corrected chi connectivity index (χ0v) is 13.8. The Morgan fingerprint density at radius 3 is 2.40 bits per heavy atom. The van der Waals surface area contributed by atoms with Crippen LogP contribution in [0.4, 0.5) is 0 Å². The summed E-state index contributed by atoms with van der Waals surface area (Å²) in [6, 6.07) is 10.3. The highest BCUT2D eigenvalue weighted by Gasteiger charge is 2.19. The molecule has 0 saturated heterocycles. The van der Waals surface area contributed by atoms with Gasteiger partial charge in [0, 0.05) is 0 Å². The third kappa shape index (κ3) is 6.60. The van der Waals surface area contributed by atoms with E-state index in [1.165, 1.54) is 11.1 Å². The highest BCUT2D eigenvalue weighted by Crippen LogP contribution is 2.24. The van der Waals surface area contributed by atoms with Crippen molar-refractivity contribution >= 4 is 23.2 Å². The third-order valence-corrected chi connectivity index (χ3v) is 3.49. The molecule has 0 spiro atoms. The minimum atomic E-state index is -0.280. The van der Waals surface area contributed by atoms with E-state index in [1.807, 2.05) is 24.3 Å². The number of hydrogen-bond donors (Lipinski definition) is 0. The molecule has 1 aromatic rings. The summed E-state index contributed by atoms with van der Waals surface area (Å²) in [5.74, 6) is 0. The first-order valence-corrected chi connectivity index (χ1v) is 7.53. The molecular formula is C17H22Cl2O. The zero-order valence-electron chi connectivity index (χ0n) is 12.3. The fraction of sp³-hybridized carbons (Fsp3) is 0.412. The molecular weight excluding hydrogens is 291 g/mol. The molecule has 0 fully saturated rings. The van der Waals surface area contributed by atoms with Gasteiger partial charge < -0.3 is 4.74 Å². The molecule has 1 rings (SSSR count). The van der Waals surface area contributed by atoms with Crippen LogP contribution < -0.4 is 0 Å². The maximum Gasteiger partial charge on any atom is 0.102 e. The number of rotatable bonds is 7. The van der Waals surface area contributed by atoms with Gasteiger partial charge in [-0.15, -0.1) is 0 Å². The van der Waals surface area contributed by atoms with Crippen LogP contribution in [0, 0.1) is 0 Å². The van der Waals surface area contributed by atoms with E-state index in [-0.39, 0.29) is 5.60 Å². The van der Waals surface area contributed by atoms with E-state index in [4.69, 9.17) is 27.9 Å². The highest BCUT2D eigenvalue weighted by molar-refractivity contribution is 6.55. The molecule has 0 N–H and O–H groups in total. The summed E-state index contributed by atoms with van der Waals surface area (Å²) in [7, 11) is 0. The molecule has 1 aromatic carbocycles. The normalized spacial score (nSPS) is 12.3. The van der Waals surface area contributed by atoms with Crippen LogP contribution in [0.25, 0.3) is 0 Å². The van der Waals surface area contributed by atoms with Crippen molar-refractivity contribution in [2.45, 2.75) is 39.2 Å².